The van der Waals surface area contributed by atoms with Crippen LogP contribution in [0.4, 0.5) is 0 Å². The largest absolute Gasteiger partial charge is 0.480 e. The second-order valence-electron chi connectivity index (χ2n) is 5.65. The molecule has 1 aromatic rings. The maximum atomic E-state index is 12.4. The zero-order chi connectivity index (χ0) is 20.4. The normalized spacial score (nSPS) is 21.2. The van der Waals surface area contributed by atoms with E-state index in [0.717, 1.165) is 21.3 Å². The van der Waals surface area contributed by atoms with E-state index in [-0.39, 0.29) is 22.5 Å². The van der Waals surface area contributed by atoms with Crippen LogP contribution in [0.5, 0.6) is 0 Å². The number of aromatic nitrogens is 4. The lowest BCUT2D eigenvalue weighted by molar-refractivity contribution is -0.150. The number of tetrazole rings is 1. The number of carboxylic acid groups (broad SMARTS) is 2. The number of thioether (sulfide) groups is 2. The molecule has 15 heteroatoms. The fourth-order valence-corrected chi connectivity index (χ4v) is 5.12. The molecule has 0 saturated carbocycles. The number of hydrogen-bond acceptors (Lipinski definition) is 9. The van der Waals surface area contributed by atoms with Crippen LogP contribution in [0.25, 0.3) is 0 Å². The van der Waals surface area contributed by atoms with Gasteiger partial charge in [0.15, 0.2) is 0 Å². The van der Waals surface area contributed by atoms with Crippen LogP contribution >= 0.6 is 35.1 Å². The summed E-state index contributed by atoms with van der Waals surface area (Å²) in [6.07, 6.45) is 0. The van der Waals surface area contributed by atoms with E-state index in [1.54, 1.807) is 0 Å². The zero-order valence-corrected chi connectivity index (χ0v) is 16.3. The third-order valence-electron chi connectivity index (χ3n) is 3.85. The van der Waals surface area contributed by atoms with Crippen molar-refractivity contribution in [1.82, 2.24) is 30.4 Å². The van der Waals surface area contributed by atoms with E-state index in [1.165, 1.54) is 11.8 Å². The molecule has 3 heterocycles. The molecule has 28 heavy (non-hydrogen) atoms. The van der Waals surface area contributed by atoms with E-state index in [2.05, 4.69) is 20.8 Å². The highest BCUT2D eigenvalue weighted by Gasteiger charge is 2.54. The third kappa shape index (κ3) is 3.93. The first-order valence-electron chi connectivity index (χ1n) is 7.69. The summed E-state index contributed by atoms with van der Waals surface area (Å²) in [5.41, 5.74) is 0.328. The van der Waals surface area contributed by atoms with E-state index in [1.807, 2.05) is 0 Å². The lowest BCUT2D eigenvalue weighted by atomic mass is 10.0. The highest BCUT2D eigenvalue weighted by Crippen LogP contribution is 2.41. The van der Waals surface area contributed by atoms with Gasteiger partial charge in [0.25, 0.3) is 5.91 Å². The molecule has 1 aromatic heterocycles. The smallest absolute Gasteiger partial charge is 0.352 e. The van der Waals surface area contributed by atoms with Gasteiger partial charge in [-0.3, -0.25) is 19.3 Å². The molecule has 150 valence electrons. The van der Waals surface area contributed by atoms with Crippen molar-refractivity contribution in [3.8, 4) is 0 Å². The lowest BCUT2D eigenvalue weighted by Crippen LogP contribution is -2.70. The Bertz CT molecular complexity index is 875. The molecule has 2 atom stereocenters. The standard InChI is InChI=1S/C13H13ClN6O6S2/c14-1-6(21)15-8-10(24)20-9(12(25)26)5(3-27-11(8)20)4-28-13-16-17-18-19(13)2-7(22)23/h8,11H,1-4H2,(H,15,21)(H,22,23)(H,25,26)/t8?,11-/m1/s1. The van der Waals surface area contributed by atoms with Gasteiger partial charge in [-0.2, -0.15) is 0 Å². The highest BCUT2D eigenvalue weighted by molar-refractivity contribution is 8.01. The molecule has 0 aromatic carbocycles. The lowest BCUT2D eigenvalue weighted by Gasteiger charge is -2.49. The van der Waals surface area contributed by atoms with Crippen molar-refractivity contribution in [3.63, 3.8) is 0 Å². The average Bonchev–Trinajstić information content (AvgIpc) is 3.09. The summed E-state index contributed by atoms with van der Waals surface area (Å²) in [6.45, 7) is -0.427. The monoisotopic (exact) mass is 448 g/mol. The van der Waals surface area contributed by atoms with Gasteiger partial charge >= 0.3 is 11.9 Å². The fourth-order valence-electron chi connectivity index (χ4n) is 2.69. The minimum Gasteiger partial charge on any atom is -0.480 e. The Morgan fingerprint density at radius 2 is 2.11 bits per heavy atom. The number of nitrogens with one attached hydrogen (secondary N) is 1. The van der Waals surface area contributed by atoms with Crippen LogP contribution in [0.3, 0.4) is 0 Å². The van der Waals surface area contributed by atoms with E-state index >= 15 is 0 Å². The average molecular weight is 449 g/mol. The van der Waals surface area contributed by atoms with Gasteiger partial charge in [-0.05, 0) is 16.0 Å². The number of aliphatic carboxylic acids is 2. The Balaban J connectivity index is 1.75. The molecule has 2 amide bonds. The van der Waals surface area contributed by atoms with Crippen LogP contribution in [-0.2, 0) is 25.7 Å². The summed E-state index contributed by atoms with van der Waals surface area (Å²) in [5.74, 6) is -3.23. The summed E-state index contributed by atoms with van der Waals surface area (Å²) in [6, 6.07) is -0.817. The van der Waals surface area contributed by atoms with Gasteiger partial charge in [0.05, 0.1) is 0 Å². The molecular formula is C13H13ClN6O6S2. The SMILES string of the molecule is O=C(O)Cn1nnnc1SCC1=C(C(=O)O)N2C(=O)C(NC(=O)CCl)[C@H]2SC1. The number of rotatable bonds is 8. The molecule has 0 spiro atoms. The van der Waals surface area contributed by atoms with Crippen molar-refractivity contribution in [2.24, 2.45) is 0 Å². The fraction of sp³-hybridized carbons (Fsp3) is 0.462. The number of nitrogens with zero attached hydrogens (tertiary/aromatic N) is 5. The Morgan fingerprint density at radius 3 is 2.75 bits per heavy atom. The van der Waals surface area contributed by atoms with E-state index in [0.29, 0.717) is 11.3 Å². The van der Waals surface area contributed by atoms with Crippen molar-refractivity contribution in [2.75, 3.05) is 17.4 Å². The van der Waals surface area contributed by atoms with Crippen LogP contribution in [0.2, 0.25) is 0 Å². The zero-order valence-electron chi connectivity index (χ0n) is 13.9. The van der Waals surface area contributed by atoms with Crippen LogP contribution in [0.15, 0.2) is 16.4 Å². The van der Waals surface area contributed by atoms with Gasteiger partial charge < -0.3 is 15.5 Å². The van der Waals surface area contributed by atoms with Crippen molar-refractivity contribution in [3.05, 3.63) is 11.3 Å². The van der Waals surface area contributed by atoms with Crippen LogP contribution < -0.4 is 5.32 Å². The number of carboxylic acids is 2. The Labute approximate surface area is 170 Å². The van der Waals surface area contributed by atoms with Gasteiger partial charge in [0.1, 0.15) is 29.5 Å². The number of hydrogen-bond donors (Lipinski definition) is 3. The Kier molecular flexibility index (Phi) is 6.10. The molecule has 0 aliphatic carbocycles. The minimum absolute atomic E-state index is 0.144. The topological polar surface area (TPSA) is 168 Å². The first kappa shape index (κ1) is 20.4. The second kappa shape index (κ2) is 8.36. The molecule has 1 fully saturated rings. The quantitative estimate of drug-likeness (QED) is 0.249. The van der Waals surface area contributed by atoms with E-state index in [9.17, 15) is 24.3 Å². The van der Waals surface area contributed by atoms with Gasteiger partial charge in [-0.1, -0.05) is 11.8 Å². The number of carbonyl (C=O) groups excluding carboxylic acids is 2. The Morgan fingerprint density at radius 1 is 1.36 bits per heavy atom. The highest BCUT2D eigenvalue weighted by atomic mass is 35.5. The van der Waals surface area contributed by atoms with Gasteiger partial charge in [-0.25, -0.2) is 9.48 Å². The van der Waals surface area contributed by atoms with Gasteiger partial charge in [-0.15, -0.1) is 28.5 Å². The summed E-state index contributed by atoms with van der Waals surface area (Å²) in [7, 11) is 0. The van der Waals surface area contributed by atoms with Gasteiger partial charge in [0.2, 0.25) is 11.1 Å². The predicted octanol–water partition coefficient (Wildman–Crippen LogP) is -1.17. The molecule has 2 aliphatic rings. The Hall–Kier alpha value is -2.32. The van der Waals surface area contributed by atoms with Crippen LogP contribution in [0.1, 0.15) is 0 Å². The molecule has 3 N–H and O–H groups in total. The number of amides is 2. The molecule has 12 nitrogen and oxygen atoms in total. The summed E-state index contributed by atoms with van der Waals surface area (Å²) in [5, 5.41) is 31.3. The van der Waals surface area contributed by atoms with Crippen molar-refractivity contribution >= 4 is 58.9 Å². The van der Waals surface area contributed by atoms with Crippen molar-refractivity contribution in [1.29, 1.82) is 0 Å². The summed E-state index contributed by atoms with van der Waals surface area (Å²) in [4.78, 5) is 47.5. The molecule has 1 unspecified atom stereocenters. The van der Waals surface area contributed by atoms with Crippen LogP contribution in [-0.4, -0.2) is 87.9 Å². The molecule has 0 bridgehead atoms. The number of halogens is 1. The molecular weight excluding hydrogens is 436 g/mol. The van der Waals surface area contributed by atoms with E-state index in [4.69, 9.17) is 16.7 Å². The number of fused-ring (bicyclic) bond motifs is 1. The minimum atomic E-state index is -1.26. The molecule has 3 rings (SSSR count). The maximum absolute atomic E-state index is 12.4. The van der Waals surface area contributed by atoms with Gasteiger partial charge in [0, 0.05) is 11.5 Å². The molecule has 0 radical (unpaired) electrons. The number of alkyl halides is 1. The summed E-state index contributed by atoms with van der Waals surface area (Å²) >= 11 is 7.82. The first-order valence-corrected chi connectivity index (χ1v) is 10.3. The maximum Gasteiger partial charge on any atom is 0.352 e. The first-order chi connectivity index (χ1) is 13.3. The van der Waals surface area contributed by atoms with Crippen molar-refractivity contribution < 1.29 is 29.4 Å². The van der Waals surface area contributed by atoms with Crippen LogP contribution in [0, 0.1) is 0 Å². The second-order valence-corrected chi connectivity index (χ2v) is 7.96. The predicted molar refractivity (Wildman–Crippen MR) is 96.6 cm³/mol. The number of β-lactam (4-membered cyclic amide) rings is 1. The third-order valence-corrected chi connectivity index (χ3v) is 6.47. The number of carbonyl (C=O) groups is 4. The molecule has 2 aliphatic heterocycles. The molecule has 1 saturated heterocycles. The van der Waals surface area contributed by atoms with E-state index < -0.39 is 41.7 Å². The summed E-state index contributed by atoms with van der Waals surface area (Å²) < 4.78 is 1.08. The van der Waals surface area contributed by atoms with Crippen molar-refractivity contribution in [2.45, 2.75) is 23.1 Å².